The molecule has 0 amide bonds. The second kappa shape index (κ2) is 17.3. The molecular weight excluding hydrogens is 869 g/mol. The number of benzene rings is 6. The topological polar surface area (TPSA) is 130 Å². The van der Waals surface area contributed by atoms with Crippen LogP contribution in [0.3, 0.4) is 0 Å². The van der Waals surface area contributed by atoms with Crippen molar-refractivity contribution in [2.24, 2.45) is 23.7 Å². The van der Waals surface area contributed by atoms with Crippen molar-refractivity contribution >= 4 is 98.0 Å². The maximum Gasteiger partial charge on any atom is 0.261 e. The monoisotopic (exact) mass is 937 g/mol. The quantitative estimate of drug-likeness (QED) is 0.0778. The van der Waals surface area contributed by atoms with E-state index in [1.54, 1.807) is 24.3 Å². The van der Waals surface area contributed by atoms with Gasteiger partial charge in [-0.05, 0) is 107 Å². The summed E-state index contributed by atoms with van der Waals surface area (Å²) < 4.78 is 2.82. The van der Waals surface area contributed by atoms with Crippen molar-refractivity contribution in [3.8, 4) is 0 Å². The van der Waals surface area contributed by atoms with Gasteiger partial charge in [-0.1, -0.05) is 122 Å². The number of hydrogen-bond acceptors (Lipinski definition) is 8. The predicted octanol–water partition coefficient (Wildman–Crippen LogP) is 13.3. The summed E-state index contributed by atoms with van der Waals surface area (Å²) in [6, 6.07) is 16.0. The van der Waals surface area contributed by atoms with Crippen LogP contribution in [-0.2, 0) is 23.9 Å². The van der Waals surface area contributed by atoms with Gasteiger partial charge in [-0.2, -0.15) is 0 Å². The first-order chi connectivity index (χ1) is 33.1. The van der Waals surface area contributed by atoms with Crippen molar-refractivity contribution in [3.63, 3.8) is 0 Å². The predicted molar refractivity (Wildman–Crippen MR) is 292 cm³/mol. The van der Waals surface area contributed by atoms with Gasteiger partial charge in [0.2, 0.25) is 0 Å². The maximum atomic E-state index is 14.0. The third-order valence-corrected chi connectivity index (χ3v) is 15.4. The Morgan fingerprint density at radius 3 is 0.900 bits per heavy atom. The van der Waals surface area contributed by atoms with Crippen molar-refractivity contribution in [3.05, 3.63) is 101 Å². The standard InChI is InChI=1S/C60H68N6O4/c1-31(2)15-13-17-33(5)19-21-65-55(67)37-27-45-46(28-38(37)56(65)68)62-52-42-24-36(60(10,11)12)26-44-50(42)49-41(51(52)61-45)23-35(59(7,8)9)25-43(49)53-54(44)64-48-30-40-39(29-47(48)63-53)57(69)66(58(40)70)22-20-34(6)18-14-16-32(3)4/h23-34H,13-22H2,1-12H3. The first kappa shape index (κ1) is 47.5. The molecule has 0 spiro atoms. The minimum absolute atomic E-state index is 0.275. The molecule has 362 valence electrons. The molecule has 0 aliphatic rings. The molecule has 70 heavy (non-hydrogen) atoms. The van der Waals surface area contributed by atoms with Crippen molar-refractivity contribution in [2.75, 3.05) is 0 Å². The van der Waals surface area contributed by atoms with Crippen LogP contribution in [-0.4, -0.2) is 29.1 Å². The molecule has 10 nitrogen and oxygen atoms in total. The van der Waals surface area contributed by atoms with Gasteiger partial charge in [0, 0.05) is 45.4 Å². The Labute approximate surface area is 408 Å². The van der Waals surface area contributed by atoms with E-state index in [4.69, 9.17) is 19.9 Å². The molecule has 0 N–H and O–H groups in total. The highest BCUT2D eigenvalue weighted by molar-refractivity contribution is 6.39. The molecule has 4 aromatic heterocycles. The Balaban J connectivity index is 1.21. The first-order valence-corrected chi connectivity index (χ1v) is 25.9. The van der Waals surface area contributed by atoms with Crippen LogP contribution in [0.15, 0.2) is 67.7 Å². The molecule has 6 aromatic carbocycles. The summed E-state index contributed by atoms with van der Waals surface area (Å²) in [6.07, 6.45) is 8.27. The Hall–Kier alpha value is -6.16. The molecule has 2 atom stereocenters. The SMILES string of the molecule is CC(C)CCCC(C)CCn1c(=O)c2cc3nc4c5cc(C(C)(C)C)cc6c7nc8cc9c(=O)n(CCC(C)CCCC(C)C)c(=O)c9cc8nc7c7cc(C(C)(C)C)cc(c4nc3cc2c1=O)c7c56. The molecular formula is C60H68N6O4. The zero-order valence-electron chi connectivity index (χ0n) is 43.3. The molecule has 10 aromatic rings. The van der Waals surface area contributed by atoms with E-state index in [1.807, 2.05) is 0 Å². The van der Waals surface area contributed by atoms with E-state index in [2.05, 4.69) is 107 Å². The fraction of sp³-hybridized carbons (Fsp3) is 0.467. The number of aromatic nitrogens is 6. The average molecular weight is 937 g/mol. The van der Waals surface area contributed by atoms with Crippen LogP contribution >= 0.6 is 0 Å². The van der Waals surface area contributed by atoms with Gasteiger partial charge in [0.15, 0.2) is 0 Å². The van der Waals surface area contributed by atoms with Crippen LogP contribution in [0.4, 0.5) is 0 Å². The largest absolute Gasteiger partial charge is 0.274 e. The molecule has 0 aliphatic carbocycles. The fourth-order valence-corrected chi connectivity index (χ4v) is 11.0. The third-order valence-electron chi connectivity index (χ3n) is 15.4. The summed E-state index contributed by atoms with van der Waals surface area (Å²) in [5.41, 5.74) is 5.53. The number of hydrogen-bond donors (Lipinski definition) is 0. The molecule has 0 saturated heterocycles. The Morgan fingerprint density at radius 1 is 0.386 bits per heavy atom. The normalized spacial score (nSPS) is 14.1. The van der Waals surface area contributed by atoms with Crippen LogP contribution < -0.4 is 22.2 Å². The van der Waals surface area contributed by atoms with Crippen LogP contribution in [0.5, 0.6) is 0 Å². The third kappa shape index (κ3) is 8.13. The Morgan fingerprint density at radius 2 is 0.657 bits per heavy atom. The highest BCUT2D eigenvalue weighted by Crippen LogP contribution is 2.47. The number of nitrogens with zero attached hydrogens (tertiary/aromatic N) is 6. The second-order valence-corrected chi connectivity index (χ2v) is 24.0. The van der Waals surface area contributed by atoms with Gasteiger partial charge in [0.05, 0.1) is 65.7 Å². The van der Waals surface area contributed by atoms with Gasteiger partial charge < -0.3 is 0 Å². The second-order valence-electron chi connectivity index (χ2n) is 24.0. The molecule has 2 unspecified atom stereocenters. The summed E-state index contributed by atoms with van der Waals surface area (Å²) >= 11 is 0. The van der Waals surface area contributed by atoms with Gasteiger partial charge in [-0.25, -0.2) is 19.9 Å². The van der Waals surface area contributed by atoms with Crippen LogP contribution in [0.2, 0.25) is 0 Å². The summed E-state index contributed by atoms with van der Waals surface area (Å²) in [7, 11) is 0. The van der Waals surface area contributed by atoms with E-state index in [-0.39, 0.29) is 33.1 Å². The molecule has 0 radical (unpaired) electrons. The lowest BCUT2D eigenvalue weighted by molar-refractivity contribution is 0.410. The minimum atomic E-state index is -0.276. The van der Waals surface area contributed by atoms with Crippen molar-refractivity contribution < 1.29 is 0 Å². The van der Waals surface area contributed by atoms with E-state index < -0.39 is 0 Å². The lowest BCUT2D eigenvalue weighted by Gasteiger charge is -2.25. The van der Waals surface area contributed by atoms with E-state index in [0.29, 0.717) is 102 Å². The zero-order valence-corrected chi connectivity index (χ0v) is 43.3. The smallest absolute Gasteiger partial charge is 0.261 e. The van der Waals surface area contributed by atoms with Crippen LogP contribution in [0, 0.1) is 23.7 Å². The molecule has 10 rings (SSSR count). The summed E-state index contributed by atoms with van der Waals surface area (Å²) in [4.78, 5) is 77.7. The lowest BCUT2D eigenvalue weighted by Crippen LogP contribution is -2.26. The molecule has 4 heterocycles. The van der Waals surface area contributed by atoms with Crippen molar-refractivity contribution in [1.82, 2.24) is 29.1 Å². The van der Waals surface area contributed by atoms with Crippen LogP contribution in [0.25, 0.3) is 98.0 Å². The van der Waals surface area contributed by atoms with E-state index >= 15 is 0 Å². The maximum absolute atomic E-state index is 14.0. The number of fused-ring (bicyclic) bond motifs is 10. The molecule has 10 heteroatoms. The van der Waals surface area contributed by atoms with Gasteiger partial charge in [-0.3, -0.25) is 28.3 Å². The van der Waals surface area contributed by atoms with Gasteiger partial charge >= 0.3 is 0 Å². The summed E-state index contributed by atoms with van der Waals surface area (Å²) in [6.45, 7) is 27.3. The van der Waals surface area contributed by atoms with Gasteiger partial charge in [0.1, 0.15) is 0 Å². The van der Waals surface area contributed by atoms with Gasteiger partial charge in [-0.15, -0.1) is 0 Å². The van der Waals surface area contributed by atoms with Gasteiger partial charge in [0.25, 0.3) is 22.2 Å². The summed E-state index contributed by atoms with van der Waals surface area (Å²) in [5.74, 6) is 2.10. The van der Waals surface area contributed by atoms with Crippen LogP contribution in [0.1, 0.15) is 146 Å². The first-order valence-electron chi connectivity index (χ1n) is 25.9. The fourth-order valence-electron chi connectivity index (χ4n) is 11.0. The molecule has 0 saturated carbocycles. The van der Waals surface area contributed by atoms with E-state index in [0.717, 1.165) is 82.0 Å². The number of rotatable bonds is 14. The molecule has 0 fully saturated rings. The molecule has 0 bridgehead atoms. The van der Waals surface area contributed by atoms with Crippen molar-refractivity contribution in [2.45, 2.75) is 158 Å². The Kier molecular flexibility index (Phi) is 11.7. The Bertz CT molecular complexity index is 3480. The van der Waals surface area contributed by atoms with E-state index in [9.17, 15) is 19.2 Å². The highest BCUT2D eigenvalue weighted by Gasteiger charge is 2.28. The lowest BCUT2D eigenvalue weighted by atomic mass is 9.80. The van der Waals surface area contributed by atoms with Crippen molar-refractivity contribution in [1.29, 1.82) is 0 Å². The average Bonchev–Trinajstić information content (AvgIpc) is 3.66. The highest BCUT2D eigenvalue weighted by atomic mass is 16.2. The van der Waals surface area contributed by atoms with E-state index in [1.165, 1.54) is 22.0 Å². The molecule has 0 aliphatic heterocycles. The minimum Gasteiger partial charge on any atom is -0.274 e. The zero-order chi connectivity index (χ0) is 49.9. The summed E-state index contributed by atoms with van der Waals surface area (Å²) in [5, 5.41) is 7.12.